The second-order valence-electron chi connectivity index (χ2n) is 4.49. The minimum Gasteiger partial charge on any atom is -0.198 e. The average molecular weight is 195 g/mol. The van der Waals surface area contributed by atoms with Gasteiger partial charge in [-0.05, 0) is 24.2 Å². The van der Waals surface area contributed by atoms with Gasteiger partial charge in [0.25, 0.3) is 0 Å². The summed E-state index contributed by atoms with van der Waals surface area (Å²) in [6.45, 7) is 9.01. The van der Waals surface area contributed by atoms with Gasteiger partial charge in [0.2, 0.25) is 0 Å². The summed E-state index contributed by atoms with van der Waals surface area (Å²) < 4.78 is 0. The normalized spacial score (nSPS) is 17.1. The Morgan fingerprint density at radius 1 is 1.21 bits per heavy atom. The van der Waals surface area contributed by atoms with Crippen LogP contribution in [0.5, 0.6) is 0 Å². The Kier molecular flexibility index (Phi) is 6.62. The van der Waals surface area contributed by atoms with Gasteiger partial charge in [0, 0.05) is 6.42 Å². The van der Waals surface area contributed by atoms with E-state index in [2.05, 4.69) is 33.8 Å². The summed E-state index contributed by atoms with van der Waals surface area (Å²) in [5.74, 6) is 0.692. The smallest absolute Gasteiger partial charge is 0.0627 e. The maximum Gasteiger partial charge on any atom is 0.0627 e. The van der Waals surface area contributed by atoms with Crippen LogP contribution in [0.2, 0.25) is 0 Å². The lowest BCUT2D eigenvalue weighted by atomic mass is 9.67. The van der Waals surface area contributed by atoms with Gasteiger partial charge in [-0.3, -0.25) is 0 Å². The Bertz CT molecular complexity index is 180. The van der Waals surface area contributed by atoms with Crippen molar-refractivity contribution in [1.29, 1.82) is 5.26 Å². The number of hydrogen-bond acceptors (Lipinski definition) is 1. The van der Waals surface area contributed by atoms with E-state index in [0.717, 1.165) is 12.8 Å². The van der Waals surface area contributed by atoms with Crippen molar-refractivity contribution in [2.75, 3.05) is 0 Å². The van der Waals surface area contributed by atoms with Crippen LogP contribution in [-0.4, -0.2) is 0 Å². The highest BCUT2D eigenvalue weighted by atomic mass is 14.4. The van der Waals surface area contributed by atoms with Gasteiger partial charge in [-0.2, -0.15) is 5.26 Å². The summed E-state index contributed by atoms with van der Waals surface area (Å²) in [4.78, 5) is 0. The lowest BCUT2D eigenvalue weighted by Gasteiger charge is -2.36. The highest BCUT2D eigenvalue weighted by Gasteiger charge is 2.32. The van der Waals surface area contributed by atoms with Gasteiger partial charge in [-0.15, -0.1) is 0 Å². The lowest BCUT2D eigenvalue weighted by Crippen LogP contribution is -2.27. The molecule has 0 aliphatic rings. The first-order chi connectivity index (χ1) is 6.66. The molecule has 0 rings (SSSR count). The molecule has 2 unspecified atom stereocenters. The van der Waals surface area contributed by atoms with Gasteiger partial charge in [-0.25, -0.2) is 0 Å². The zero-order valence-corrected chi connectivity index (χ0v) is 10.3. The van der Waals surface area contributed by atoms with Crippen molar-refractivity contribution >= 4 is 0 Å². The molecule has 0 aromatic carbocycles. The fraction of sp³-hybridized carbons (Fsp3) is 0.923. The molecule has 14 heavy (non-hydrogen) atoms. The molecule has 0 bridgehead atoms. The van der Waals surface area contributed by atoms with Crippen LogP contribution in [0.15, 0.2) is 0 Å². The number of hydrogen-bond donors (Lipinski definition) is 0. The van der Waals surface area contributed by atoms with E-state index >= 15 is 0 Å². The van der Waals surface area contributed by atoms with Crippen molar-refractivity contribution < 1.29 is 0 Å². The van der Waals surface area contributed by atoms with Crippen molar-refractivity contribution in [3.8, 4) is 6.07 Å². The summed E-state index contributed by atoms with van der Waals surface area (Å²) >= 11 is 0. The third-order valence-electron chi connectivity index (χ3n) is 3.65. The molecule has 0 aromatic heterocycles. The van der Waals surface area contributed by atoms with Crippen LogP contribution in [0.1, 0.15) is 66.2 Å². The Labute approximate surface area is 89.5 Å². The van der Waals surface area contributed by atoms with Gasteiger partial charge in [0.15, 0.2) is 0 Å². The second kappa shape index (κ2) is 6.87. The van der Waals surface area contributed by atoms with E-state index in [-0.39, 0.29) is 0 Å². The Morgan fingerprint density at radius 2 is 1.86 bits per heavy atom. The van der Waals surface area contributed by atoms with Gasteiger partial charge >= 0.3 is 0 Å². The topological polar surface area (TPSA) is 23.8 Å². The average Bonchev–Trinajstić information content (AvgIpc) is 2.17. The Hall–Kier alpha value is -0.510. The first-order valence-corrected chi connectivity index (χ1v) is 6.03. The third kappa shape index (κ3) is 3.33. The molecule has 1 heteroatoms. The molecule has 0 aromatic rings. The predicted octanol–water partition coefficient (Wildman–Crippen LogP) is 4.53. The monoisotopic (exact) mass is 195 g/mol. The summed E-state index contributed by atoms with van der Waals surface area (Å²) in [5, 5.41) is 8.93. The van der Waals surface area contributed by atoms with Crippen LogP contribution in [0.25, 0.3) is 0 Å². The molecule has 0 aliphatic carbocycles. The molecular weight excluding hydrogens is 170 g/mol. The van der Waals surface area contributed by atoms with E-state index in [1.165, 1.54) is 25.7 Å². The van der Waals surface area contributed by atoms with Crippen molar-refractivity contribution in [2.45, 2.75) is 66.2 Å². The van der Waals surface area contributed by atoms with Crippen molar-refractivity contribution in [3.63, 3.8) is 0 Å². The summed E-state index contributed by atoms with van der Waals surface area (Å²) in [5.41, 5.74) is 0.291. The van der Waals surface area contributed by atoms with E-state index in [1.54, 1.807) is 0 Å². The molecule has 0 fully saturated rings. The van der Waals surface area contributed by atoms with Gasteiger partial charge < -0.3 is 0 Å². The van der Waals surface area contributed by atoms with Crippen molar-refractivity contribution in [3.05, 3.63) is 0 Å². The van der Waals surface area contributed by atoms with E-state index < -0.39 is 0 Å². The molecule has 0 N–H and O–H groups in total. The number of rotatable bonds is 7. The largest absolute Gasteiger partial charge is 0.198 e. The number of nitrogens with zero attached hydrogens (tertiary/aromatic N) is 1. The van der Waals surface area contributed by atoms with E-state index in [1.807, 2.05) is 0 Å². The van der Waals surface area contributed by atoms with Crippen LogP contribution in [0, 0.1) is 22.7 Å². The lowest BCUT2D eigenvalue weighted by molar-refractivity contribution is 0.142. The van der Waals surface area contributed by atoms with Crippen LogP contribution in [0.3, 0.4) is 0 Å². The first-order valence-electron chi connectivity index (χ1n) is 6.03. The highest BCUT2D eigenvalue weighted by molar-refractivity contribution is 4.91. The minimum absolute atomic E-state index is 0.291. The highest BCUT2D eigenvalue weighted by Crippen LogP contribution is 2.41. The Morgan fingerprint density at radius 3 is 2.21 bits per heavy atom. The fourth-order valence-corrected chi connectivity index (χ4v) is 2.55. The molecule has 0 heterocycles. The van der Waals surface area contributed by atoms with Crippen molar-refractivity contribution in [2.24, 2.45) is 11.3 Å². The molecule has 82 valence electrons. The summed E-state index contributed by atoms with van der Waals surface area (Å²) in [6, 6.07) is 2.38. The van der Waals surface area contributed by atoms with E-state index in [0.29, 0.717) is 11.3 Å². The van der Waals surface area contributed by atoms with Crippen LogP contribution >= 0.6 is 0 Å². The molecule has 0 amide bonds. The van der Waals surface area contributed by atoms with Crippen LogP contribution in [0.4, 0.5) is 0 Å². The standard InChI is InChI=1S/C13H25N/c1-5-8-12(4)13(7-3,9-6-2)10-11-14/h12H,5-10H2,1-4H3. The van der Waals surface area contributed by atoms with Crippen LogP contribution < -0.4 is 0 Å². The SMILES string of the molecule is CCCC(C)C(CC)(CC#N)CCC. The molecule has 0 radical (unpaired) electrons. The summed E-state index contributed by atoms with van der Waals surface area (Å²) in [7, 11) is 0. The van der Waals surface area contributed by atoms with Gasteiger partial charge in [0.1, 0.15) is 0 Å². The quantitative estimate of drug-likeness (QED) is 0.585. The molecule has 2 atom stereocenters. The fourth-order valence-electron chi connectivity index (χ4n) is 2.55. The predicted molar refractivity (Wildman–Crippen MR) is 61.9 cm³/mol. The third-order valence-corrected chi connectivity index (χ3v) is 3.65. The van der Waals surface area contributed by atoms with Gasteiger partial charge in [0.05, 0.1) is 6.07 Å². The first kappa shape index (κ1) is 13.5. The summed E-state index contributed by atoms with van der Waals surface area (Å²) in [6.07, 6.45) is 6.78. The van der Waals surface area contributed by atoms with E-state index in [9.17, 15) is 0 Å². The molecule has 0 aliphatic heterocycles. The molecule has 0 spiro atoms. The number of nitriles is 1. The zero-order valence-electron chi connectivity index (χ0n) is 10.3. The molecule has 1 nitrogen and oxygen atoms in total. The van der Waals surface area contributed by atoms with Gasteiger partial charge in [-0.1, -0.05) is 47.0 Å². The molecule has 0 saturated heterocycles. The van der Waals surface area contributed by atoms with Crippen molar-refractivity contribution in [1.82, 2.24) is 0 Å². The molecular formula is C13H25N. The van der Waals surface area contributed by atoms with Crippen LogP contribution in [-0.2, 0) is 0 Å². The maximum absolute atomic E-state index is 8.93. The Balaban J connectivity index is 4.55. The molecule has 0 saturated carbocycles. The minimum atomic E-state index is 0.291. The zero-order chi connectivity index (χ0) is 11.0. The van der Waals surface area contributed by atoms with E-state index in [4.69, 9.17) is 5.26 Å². The second-order valence-corrected chi connectivity index (χ2v) is 4.49. The maximum atomic E-state index is 8.93.